The molecule has 4 rings (SSSR count). The van der Waals surface area contributed by atoms with Crippen LogP contribution in [-0.4, -0.2) is 10.7 Å². The molecule has 1 nitrogen and oxygen atoms in total. The van der Waals surface area contributed by atoms with E-state index in [0.717, 1.165) is 11.3 Å². The molecule has 0 N–H and O–H groups in total. The van der Waals surface area contributed by atoms with Crippen LogP contribution in [-0.2, 0) is 13.5 Å². The molecule has 0 atom stereocenters. The van der Waals surface area contributed by atoms with Crippen molar-refractivity contribution in [3.05, 3.63) is 120 Å². The maximum Gasteiger partial charge on any atom is 0.102 e. The van der Waals surface area contributed by atoms with E-state index >= 15 is 0 Å². The minimum atomic E-state index is -1.85. The third-order valence-electron chi connectivity index (χ3n) is 4.71. The minimum absolute atomic E-state index is 0.115. The van der Waals surface area contributed by atoms with Crippen molar-refractivity contribution in [1.29, 1.82) is 0 Å². The van der Waals surface area contributed by atoms with Gasteiger partial charge in [0, 0.05) is 0 Å². The Morgan fingerprint density at radius 3 is 1.53 bits per heavy atom. The monoisotopic (exact) mass is 617 g/mol. The maximum absolute atomic E-state index is 5.89. The Hall–Kier alpha value is -1.53. The summed E-state index contributed by atoms with van der Waals surface area (Å²) in [5.74, 6) is 0.773. The van der Waals surface area contributed by atoms with Gasteiger partial charge in [-0.15, -0.1) is 0 Å². The fraction of sp³-hybridized carbons (Fsp3) is 0.107. The molecule has 0 amide bonds. The number of rotatable bonds is 6. The second-order valence-corrected chi connectivity index (χ2v) is 16.3. The molecule has 0 radical (unpaired) electrons. The van der Waals surface area contributed by atoms with E-state index in [4.69, 9.17) is 35.7 Å². The van der Waals surface area contributed by atoms with Gasteiger partial charge in [0.2, 0.25) is 0 Å². The third kappa shape index (κ3) is 8.60. The van der Waals surface area contributed by atoms with Crippen molar-refractivity contribution in [2.24, 2.45) is 0 Å². The quantitative estimate of drug-likeness (QED) is 0.162. The summed E-state index contributed by atoms with van der Waals surface area (Å²) in [6.45, 7) is 3.93. The molecule has 0 bridgehead atoms. The molecule has 4 aromatic carbocycles. The van der Waals surface area contributed by atoms with Crippen LogP contribution in [0.25, 0.3) is 0 Å². The fourth-order valence-electron chi connectivity index (χ4n) is 3.36. The molecule has 0 aliphatic heterocycles. The zero-order chi connectivity index (χ0) is 24.3. The first-order valence-electron chi connectivity index (χ1n) is 10.8. The van der Waals surface area contributed by atoms with Crippen LogP contribution < -0.4 is 20.7 Å². The molecule has 6 heteroatoms. The Labute approximate surface area is 221 Å². The van der Waals surface area contributed by atoms with E-state index in [9.17, 15) is 0 Å². The van der Waals surface area contributed by atoms with E-state index in [-0.39, 0.29) is 6.10 Å². The Morgan fingerprint density at radius 1 is 0.706 bits per heavy atom. The van der Waals surface area contributed by atoms with Gasteiger partial charge in [0.1, 0.15) is 15.9 Å². The van der Waals surface area contributed by atoms with Crippen LogP contribution in [0, 0.1) is 0 Å². The van der Waals surface area contributed by atoms with Gasteiger partial charge in [-0.1, -0.05) is 54.6 Å². The smallest absolute Gasteiger partial charge is 0.0620 e. The van der Waals surface area contributed by atoms with Gasteiger partial charge in [0.25, 0.3) is 0 Å². The van der Waals surface area contributed by atoms with E-state index in [1.165, 1.54) is 15.9 Å². The fourth-order valence-corrected chi connectivity index (χ4v) is 7.90. The van der Waals surface area contributed by atoms with Crippen LogP contribution >= 0.6 is 38.9 Å². The Balaban J connectivity index is 0.000000197. The van der Waals surface area contributed by atoms with Gasteiger partial charge < -0.3 is 0 Å². The van der Waals surface area contributed by atoms with Gasteiger partial charge in [-0.05, 0) is 36.4 Å². The van der Waals surface area contributed by atoms with Gasteiger partial charge in [0.05, 0.1) is 7.92 Å². The van der Waals surface area contributed by atoms with Crippen LogP contribution in [0.15, 0.2) is 109 Å². The van der Waals surface area contributed by atoms with Crippen molar-refractivity contribution in [1.82, 2.24) is 0 Å². The summed E-state index contributed by atoms with van der Waals surface area (Å²) < 4.78 is 7.45. The number of halogens is 3. The third-order valence-corrected chi connectivity index (χ3v) is 9.51. The van der Waals surface area contributed by atoms with Crippen LogP contribution in [0.1, 0.15) is 19.4 Å². The van der Waals surface area contributed by atoms with E-state index in [0.29, 0.717) is 5.02 Å². The van der Waals surface area contributed by atoms with Gasteiger partial charge in [-0.2, -0.15) is 0 Å². The van der Waals surface area contributed by atoms with Gasteiger partial charge >= 0.3 is 108 Å². The average molecular weight is 618 g/mol. The molecule has 0 unspecified atom stereocenters. The van der Waals surface area contributed by atoms with Crippen molar-refractivity contribution in [3.8, 4) is 5.75 Å². The van der Waals surface area contributed by atoms with E-state index < -0.39 is 21.4 Å². The zero-order valence-corrected chi connectivity index (χ0v) is 23.9. The van der Waals surface area contributed by atoms with E-state index in [1.807, 2.05) is 30.6 Å². The van der Waals surface area contributed by atoms with Gasteiger partial charge in [-0.25, -0.2) is 0 Å². The van der Waals surface area contributed by atoms with E-state index in [2.05, 4.69) is 91.0 Å². The van der Waals surface area contributed by atoms with Crippen LogP contribution in [0.2, 0.25) is 5.02 Å². The Bertz CT molecular complexity index is 1090. The normalized spacial score (nSPS) is 11.0. The first-order chi connectivity index (χ1) is 16.4. The van der Waals surface area contributed by atoms with Crippen molar-refractivity contribution < 1.29 is 18.3 Å². The second kappa shape index (κ2) is 14.1. The van der Waals surface area contributed by atoms with Gasteiger partial charge in [0.15, 0.2) is 0 Å². The molecule has 0 saturated carbocycles. The number of hydrogen-bond acceptors (Lipinski definition) is 1. The number of ether oxygens (including phenoxy) is 1. The molecule has 4 aromatic rings. The van der Waals surface area contributed by atoms with Crippen LogP contribution in [0.3, 0.4) is 0 Å². The summed E-state index contributed by atoms with van der Waals surface area (Å²) in [5.41, 5.74) is 0.875. The average Bonchev–Trinajstić information content (AvgIpc) is 2.83. The predicted octanol–water partition coefficient (Wildman–Crippen LogP) is 7.38. The molecular weight excluding hydrogens is 591 g/mol. The van der Waals surface area contributed by atoms with E-state index in [1.54, 1.807) is 6.07 Å². The molecule has 34 heavy (non-hydrogen) atoms. The number of benzene rings is 4. The molecule has 0 spiro atoms. The summed E-state index contributed by atoms with van der Waals surface area (Å²) in [7, 11) is 10.8. The van der Waals surface area contributed by atoms with Gasteiger partial charge in [-0.3, -0.25) is 0 Å². The molecule has 0 fully saturated rings. The van der Waals surface area contributed by atoms with Crippen LogP contribution in [0.4, 0.5) is 0 Å². The molecular formula is C28H27Cl3OPRu+. The molecule has 0 saturated heterocycles. The molecule has 0 aliphatic carbocycles. The SMILES string of the molecule is CC(C)Oc1ccc(Cl)cc1[CH]=[Ru]([Cl])[Cl].c1ccc([PH+](c2ccccc2)c2ccccc2)cc1. The molecule has 178 valence electrons. The Morgan fingerprint density at radius 2 is 1.15 bits per heavy atom. The predicted molar refractivity (Wildman–Crippen MR) is 151 cm³/mol. The first kappa shape index (κ1) is 27.1. The summed E-state index contributed by atoms with van der Waals surface area (Å²) in [4.78, 5) is 0. The Kier molecular flexibility index (Phi) is 11.3. The maximum atomic E-state index is 5.89. The topological polar surface area (TPSA) is 9.23 Å². The minimum Gasteiger partial charge on any atom is -0.0620 e. The summed E-state index contributed by atoms with van der Waals surface area (Å²) in [6.07, 6.45) is 0.115. The summed E-state index contributed by atoms with van der Waals surface area (Å²) >= 11 is 4.04. The summed E-state index contributed by atoms with van der Waals surface area (Å²) in [5, 5.41) is 4.96. The first-order valence-corrected chi connectivity index (χ1v) is 18.1. The zero-order valence-electron chi connectivity index (χ0n) is 18.9. The van der Waals surface area contributed by atoms with Crippen molar-refractivity contribution in [2.45, 2.75) is 20.0 Å². The molecule has 0 aliphatic rings. The van der Waals surface area contributed by atoms with Crippen LogP contribution in [0.5, 0.6) is 5.75 Å². The second-order valence-electron chi connectivity index (χ2n) is 7.63. The molecule has 0 heterocycles. The standard InChI is InChI=1S/C18H15P.C10H11ClO.2ClH.Ru/c1-4-10-16(11-5-1)19(17-12-6-2-7-13-17)18-14-8-3-9-15-18;1-7(2)12-10-5-4-9(11)6-8(10)3;;;/h1-15H;3-7H,1-2H3;2*1H;/q;;;;+2/p-1. The molecule has 0 aromatic heterocycles. The van der Waals surface area contributed by atoms with Crippen molar-refractivity contribution in [2.75, 3.05) is 0 Å². The largest absolute Gasteiger partial charge is 0.102 e. The van der Waals surface area contributed by atoms with Crippen molar-refractivity contribution in [3.63, 3.8) is 0 Å². The van der Waals surface area contributed by atoms with Crippen molar-refractivity contribution >= 4 is 59.4 Å². The number of hydrogen-bond donors (Lipinski definition) is 0. The summed E-state index contributed by atoms with van der Waals surface area (Å²) in [6, 6.07) is 37.9.